The van der Waals surface area contributed by atoms with Gasteiger partial charge in [-0.25, -0.2) is 8.42 Å². The molecule has 1 fully saturated rings. The van der Waals surface area contributed by atoms with Crippen LogP contribution in [0.4, 0.5) is 5.69 Å². The number of carbonyl (C=O) groups is 2. The van der Waals surface area contributed by atoms with Gasteiger partial charge in [0, 0.05) is 19.2 Å². The van der Waals surface area contributed by atoms with Crippen molar-refractivity contribution in [2.45, 2.75) is 11.3 Å². The van der Waals surface area contributed by atoms with Crippen molar-refractivity contribution in [2.24, 2.45) is 5.92 Å². The molecule has 21 heavy (non-hydrogen) atoms. The number of amides is 1. The molecule has 1 amide bonds. The van der Waals surface area contributed by atoms with Crippen LogP contribution in [0.15, 0.2) is 23.1 Å². The summed E-state index contributed by atoms with van der Waals surface area (Å²) >= 11 is 0. The molecule has 0 radical (unpaired) electrons. The summed E-state index contributed by atoms with van der Waals surface area (Å²) in [6, 6.07) is 3.69. The van der Waals surface area contributed by atoms with Crippen LogP contribution in [0.1, 0.15) is 6.42 Å². The van der Waals surface area contributed by atoms with Gasteiger partial charge in [-0.05, 0) is 18.2 Å². The summed E-state index contributed by atoms with van der Waals surface area (Å²) in [5.74, 6) is -1.72. The minimum absolute atomic E-state index is 0.00961. The molecule has 1 atom stereocenters. The first-order chi connectivity index (χ1) is 9.74. The van der Waals surface area contributed by atoms with Crippen LogP contribution in [0.3, 0.4) is 0 Å². The Morgan fingerprint density at radius 3 is 2.67 bits per heavy atom. The van der Waals surface area contributed by atoms with E-state index in [1.807, 2.05) is 0 Å². The van der Waals surface area contributed by atoms with E-state index in [-0.39, 0.29) is 35.2 Å². The molecule has 1 N–H and O–H groups in total. The number of phenols is 1. The van der Waals surface area contributed by atoms with E-state index in [9.17, 15) is 23.1 Å². The number of esters is 1. The molecule has 0 saturated carbocycles. The highest BCUT2D eigenvalue weighted by atomic mass is 32.2. The molecule has 0 bridgehead atoms. The SMILES string of the molecule is COC(=O)C1CC(=O)N(c2cc(S(C)(=O)=O)ccc2O)C1. The molecule has 0 spiro atoms. The minimum atomic E-state index is -3.46. The van der Waals surface area contributed by atoms with Gasteiger partial charge in [0.15, 0.2) is 9.84 Å². The summed E-state index contributed by atoms with van der Waals surface area (Å²) in [5.41, 5.74) is 0.0781. The lowest BCUT2D eigenvalue weighted by atomic mass is 10.1. The van der Waals surface area contributed by atoms with Crippen molar-refractivity contribution in [3.63, 3.8) is 0 Å². The predicted octanol–water partition coefficient (Wildman–Crippen LogP) is 0.322. The number of sulfone groups is 1. The highest BCUT2D eigenvalue weighted by Gasteiger charge is 2.37. The number of phenolic OH excluding ortho intramolecular Hbond substituents is 1. The molecular weight excluding hydrogens is 298 g/mol. The van der Waals surface area contributed by atoms with Gasteiger partial charge in [0.1, 0.15) is 5.75 Å². The highest BCUT2D eigenvalue weighted by Crippen LogP contribution is 2.34. The Morgan fingerprint density at radius 1 is 1.43 bits per heavy atom. The molecule has 1 aromatic rings. The normalized spacial score (nSPS) is 18.9. The standard InChI is InChI=1S/C13H15NO6S/c1-20-13(17)8-5-12(16)14(7-8)10-6-9(21(2,18)19)3-4-11(10)15/h3-4,6,8,15H,5,7H2,1-2H3. The summed E-state index contributed by atoms with van der Waals surface area (Å²) in [6.07, 6.45) is 1.00. The maximum absolute atomic E-state index is 12.0. The maximum atomic E-state index is 12.0. The van der Waals surface area contributed by atoms with Gasteiger partial charge < -0.3 is 14.7 Å². The lowest BCUT2D eigenvalue weighted by molar-refractivity contribution is -0.145. The van der Waals surface area contributed by atoms with Gasteiger partial charge in [0.05, 0.1) is 23.6 Å². The third kappa shape index (κ3) is 2.99. The van der Waals surface area contributed by atoms with Crippen molar-refractivity contribution in [3.8, 4) is 5.75 Å². The van der Waals surface area contributed by atoms with Gasteiger partial charge in [-0.15, -0.1) is 0 Å². The summed E-state index contributed by atoms with van der Waals surface area (Å²) in [4.78, 5) is 24.7. The Hall–Kier alpha value is -2.09. The number of benzene rings is 1. The van der Waals surface area contributed by atoms with Gasteiger partial charge in [-0.1, -0.05) is 0 Å². The van der Waals surface area contributed by atoms with Crippen molar-refractivity contribution in [1.82, 2.24) is 0 Å². The molecular formula is C13H15NO6S. The number of hydrogen-bond acceptors (Lipinski definition) is 6. The number of rotatable bonds is 3. The second-order valence-corrected chi connectivity index (χ2v) is 6.87. The Morgan fingerprint density at radius 2 is 2.10 bits per heavy atom. The molecule has 2 rings (SSSR count). The van der Waals surface area contributed by atoms with Crippen LogP contribution >= 0.6 is 0 Å². The predicted molar refractivity (Wildman–Crippen MR) is 73.7 cm³/mol. The van der Waals surface area contributed by atoms with Gasteiger partial charge in [-0.2, -0.15) is 0 Å². The second-order valence-electron chi connectivity index (χ2n) is 4.85. The fourth-order valence-corrected chi connectivity index (χ4v) is 2.86. The van der Waals surface area contributed by atoms with Crippen molar-refractivity contribution in [1.29, 1.82) is 0 Å². The summed E-state index contributed by atoms with van der Waals surface area (Å²) in [6.45, 7) is 0.0479. The fourth-order valence-electron chi connectivity index (χ4n) is 2.22. The number of methoxy groups -OCH3 is 1. The van der Waals surface area contributed by atoms with Gasteiger partial charge >= 0.3 is 5.97 Å². The zero-order valence-electron chi connectivity index (χ0n) is 11.6. The number of ether oxygens (including phenoxy) is 1. The van der Waals surface area contributed by atoms with Crippen LogP contribution in [-0.2, 0) is 24.2 Å². The second kappa shape index (κ2) is 5.36. The zero-order chi connectivity index (χ0) is 15.8. The first-order valence-corrected chi connectivity index (χ1v) is 8.04. The van der Waals surface area contributed by atoms with E-state index in [0.29, 0.717) is 0 Å². The average Bonchev–Trinajstić information content (AvgIpc) is 2.79. The third-order valence-corrected chi connectivity index (χ3v) is 4.44. The fraction of sp³-hybridized carbons (Fsp3) is 0.385. The van der Waals surface area contributed by atoms with Crippen LogP contribution in [0.2, 0.25) is 0 Å². The lowest BCUT2D eigenvalue weighted by Gasteiger charge is -2.18. The lowest BCUT2D eigenvalue weighted by Crippen LogP contribution is -2.26. The zero-order valence-corrected chi connectivity index (χ0v) is 12.4. The number of aromatic hydroxyl groups is 1. The summed E-state index contributed by atoms with van der Waals surface area (Å²) < 4.78 is 27.7. The molecule has 0 aromatic heterocycles. The summed E-state index contributed by atoms with van der Waals surface area (Å²) in [7, 11) is -2.23. The molecule has 1 aliphatic rings. The van der Waals surface area contributed by atoms with Gasteiger partial charge in [0.2, 0.25) is 5.91 Å². The number of nitrogens with zero attached hydrogens (tertiary/aromatic N) is 1. The highest BCUT2D eigenvalue weighted by molar-refractivity contribution is 7.90. The Kier molecular flexibility index (Phi) is 3.91. The number of carbonyl (C=O) groups excluding carboxylic acids is 2. The van der Waals surface area contributed by atoms with Crippen molar-refractivity contribution in [3.05, 3.63) is 18.2 Å². The number of hydrogen-bond donors (Lipinski definition) is 1. The van der Waals surface area contributed by atoms with Crippen LogP contribution in [0, 0.1) is 5.92 Å². The molecule has 1 heterocycles. The molecule has 1 saturated heterocycles. The quantitative estimate of drug-likeness (QED) is 0.807. The molecule has 0 aliphatic carbocycles. The topological polar surface area (TPSA) is 101 Å². The van der Waals surface area contributed by atoms with E-state index in [4.69, 9.17) is 0 Å². The Labute approximate surface area is 122 Å². The maximum Gasteiger partial charge on any atom is 0.311 e. The number of anilines is 1. The van der Waals surface area contributed by atoms with E-state index < -0.39 is 21.7 Å². The molecule has 1 aromatic carbocycles. The van der Waals surface area contributed by atoms with Crippen LogP contribution in [0.25, 0.3) is 0 Å². The van der Waals surface area contributed by atoms with E-state index in [1.165, 1.54) is 30.2 Å². The van der Waals surface area contributed by atoms with Gasteiger partial charge in [-0.3, -0.25) is 9.59 Å². The van der Waals surface area contributed by atoms with E-state index in [0.717, 1.165) is 6.26 Å². The van der Waals surface area contributed by atoms with Crippen LogP contribution < -0.4 is 4.90 Å². The summed E-state index contributed by atoms with van der Waals surface area (Å²) in [5, 5.41) is 9.86. The monoisotopic (exact) mass is 313 g/mol. The van der Waals surface area contributed by atoms with E-state index >= 15 is 0 Å². The minimum Gasteiger partial charge on any atom is -0.506 e. The molecule has 8 heteroatoms. The van der Waals surface area contributed by atoms with E-state index in [2.05, 4.69) is 4.74 Å². The molecule has 1 unspecified atom stereocenters. The smallest absolute Gasteiger partial charge is 0.311 e. The third-order valence-electron chi connectivity index (χ3n) is 3.33. The Bertz CT molecular complexity index is 697. The molecule has 114 valence electrons. The Balaban J connectivity index is 2.38. The van der Waals surface area contributed by atoms with Crippen LogP contribution in [-0.4, -0.2) is 45.3 Å². The van der Waals surface area contributed by atoms with Gasteiger partial charge in [0.25, 0.3) is 0 Å². The van der Waals surface area contributed by atoms with Crippen molar-refractivity contribution >= 4 is 27.4 Å². The first kappa shape index (κ1) is 15.3. The average molecular weight is 313 g/mol. The largest absolute Gasteiger partial charge is 0.506 e. The molecule has 1 aliphatic heterocycles. The van der Waals surface area contributed by atoms with Crippen LogP contribution in [0.5, 0.6) is 5.75 Å². The van der Waals surface area contributed by atoms with E-state index in [1.54, 1.807) is 0 Å². The first-order valence-electron chi connectivity index (χ1n) is 6.15. The molecule has 7 nitrogen and oxygen atoms in total. The van der Waals surface area contributed by atoms with Crippen molar-refractivity contribution < 1.29 is 27.9 Å². The van der Waals surface area contributed by atoms with Crippen molar-refractivity contribution in [2.75, 3.05) is 24.8 Å².